The molecule has 0 aliphatic carbocycles. The van der Waals surface area contributed by atoms with E-state index < -0.39 is 0 Å². The molecule has 74 valence electrons. The Morgan fingerprint density at radius 1 is 1.17 bits per heavy atom. The van der Waals surface area contributed by atoms with Gasteiger partial charge in [0.2, 0.25) is 0 Å². The molecule has 0 bridgehead atoms. The maximum atomic E-state index is 2.41. The Balaban J connectivity index is 0.00000121. The van der Waals surface area contributed by atoms with Crippen LogP contribution in [0.15, 0.2) is 0 Å². The summed E-state index contributed by atoms with van der Waals surface area (Å²) >= 11 is 0. The summed E-state index contributed by atoms with van der Waals surface area (Å²) in [6.45, 7) is 8.42. The van der Waals surface area contributed by atoms with Crippen LogP contribution in [0.1, 0.15) is 40.0 Å². The molecule has 0 aromatic rings. The summed E-state index contributed by atoms with van der Waals surface area (Å²) in [5, 5.41) is 0. The molecule has 0 amide bonds. The summed E-state index contributed by atoms with van der Waals surface area (Å²) in [4.78, 5) is 0. The third kappa shape index (κ3) is 1.80. The zero-order valence-corrected chi connectivity index (χ0v) is 8.88. The van der Waals surface area contributed by atoms with Crippen molar-refractivity contribution in [2.75, 3.05) is 13.6 Å². The van der Waals surface area contributed by atoms with E-state index in [2.05, 4.69) is 27.8 Å². The van der Waals surface area contributed by atoms with E-state index in [4.69, 9.17) is 0 Å². The van der Waals surface area contributed by atoms with Crippen LogP contribution in [-0.4, -0.2) is 35.6 Å². The van der Waals surface area contributed by atoms with Gasteiger partial charge in [0, 0.05) is 0 Å². The summed E-state index contributed by atoms with van der Waals surface area (Å²) in [6.07, 6.45) is 4.29. The van der Waals surface area contributed by atoms with Crippen LogP contribution in [0, 0.1) is 0 Å². The van der Waals surface area contributed by atoms with E-state index in [1.54, 1.807) is 0 Å². The summed E-state index contributed by atoms with van der Waals surface area (Å²) in [6, 6.07) is 1.76. The molecule has 0 saturated carbocycles. The van der Waals surface area contributed by atoms with Gasteiger partial charge in [-0.05, 0) is 40.0 Å². The van der Waals surface area contributed by atoms with E-state index >= 15 is 0 Å². The molecule has 1 fully saturated rings. The van der Waals surface area contributed by atoms with Gasteiger partial charge < -0.3 is 9.96 Å². The minimum Gasteiger partial charge on any atom is -0.870 e. The molecule has 1 heterocycles. The van der Waals surface area contributed by atoms with Gasteiger partial charge in [0.1, 0.15) is 0 Å². The molecule has 12 heavy (non-hydrogen) atoms. The monoisotopic (exact) mass is 173 g/mol. The molecule has 2 atom stereocenters. The molecular weight excluding hydrogens is 150 g/mol. The first-order valence-electron chi connectivity index (χ1n) is 4.96. The molecular formula is C10H23NO. The van der Waals surface area contributed by atoms with Crippen molar-refractivity contribution in [3.63, 3.8) is 0 Å². The van der Waals surface area contributed by atoms with Crippen LogP contribution in [0.3, 0.4) is 0 Å². The summed E-state index contributed by atoms with van der Waals surface area (Å²) in [7, 11) is 2.41. The Bertz CT molecular complexity index is 126. The van der Waals surface area contributed by atoms with E-state index in [0.717, 1.165) is 12.1 Å². The zero-order valence-electron chi connectivity index (χ0n) is 8.88. The fourth-order valence-electron chi connectivity index (χ4n) is 2.36. The van der Waals surface area contributed by atoms with Crippen molar-refractivity contribution in [3.8, 4) is 0 Å². The highest BCUT2D eigenvalue weighted by atomic mass is 16.0. The number of quaternary nitrogens is 1. The van der Waals surface area contributed by atoms with Crippen molar-refractivity contribution in [1.29, 1.82) is 0 Å². The molecule has 1 rings (SSSR count). The molecule has 2 unspecified atom stereocenters. The quantitative estimate of drug-likeness (QED) is 0.559. The number of hydrogen-bond donors (Lipinski definition) is 0. The molecule has 0 aromatic carbocycles. The van der Waals surface area contributed by atoms with Crippen molar-refractivity contribution in [2.45, 2.75) is 52.1 Å². The lowest BCUT2D eigenvalue weighted by atomic mass is 9.94. The minimum absolute atomic E-state index is 0. The van der Waals surface area contributed by atoms with Crippen molar-refractivity contribution in [2.24, 2.45) is 0 Å². The Hall–Kier alpha value is -0.0800. The fraction of sp³-hybridized carbons (Fsp3) is 1.00. The van der Waals surface area contributed by atoms with Crippen molar-refractivity contribution in [1.82, 2.24) is 0 Å². The highest BCUT2D eigenvalue weighted by Gasteiger charge is 2.36. The largest absolute Gasteiger partial charge is 0.870 e. The first-order chi connectivity index (χ1) is 5.11. The van der Waals surface area contributed by atoms with Crippen LogP contribution < -0.4 is 0 Å². The highest BCUT2D eigenvalue weighted by Crippen LogP contribution is 2.28. The van der Waals surface area contributed by atoms with Crippen LogP contribution in [0.2, 0.25) is 0 Å². The van der Waals surface area contributed by atoms with Gasteiger partial charge in [-0.2, -0.15) is 0 Å². The second kappa shape index (κ2) is 4.24. The van der Waals surface area contributed by atoms with Crippen molar-refractivity contribution >= 4 is 0 Å². The van der Waals surface area contributed by atoms with Crippen LogP contribution in [-0.2, 0) is 0 Å². The molecule has 2 heteroatoms. The molecule has 1 aliphatic heterocycles. The summed E-state index contributed by atoms with van der Waals surface area (Å²) < 4.78 is 1.29. The first kappa shape index (κ1) is 11.9. The number of hydrogen-bond acceptors (Lipinski definition) is 1. The molecule has 1 N–H and O–H groups in total. The first-order valence-corrected chi connectivity index (χ1v) is 4.96. The Morgan fingerprint density at radius 2 is 1.58 bits per heavy atom. The van der Waals surface area contributed by atoms with E-state index in [9.17, 15) is 0 Å². The lowest BCUT2D eigenvalue weighted by Gasteiger charge is -2.47. The average Bonchev–Trinajstić information content (AvgIpc) is 2.00. The molecule has 0 spiro atoms. The van der Waals surface area contributed by atoms with Crippen LogP contribution in [0.5, 0.6) is 0 Å². The lowest BCUT2D eigenvalue weighted by Crippen LogP contribution is -2.58. The standard InChI is InChI=1S/C10H22N.H2O/c1-5-11(4)9(2)7-6-8-10(11)3;/h9-10H,5-8H2,1-4H3;1H2/q+1;/p-1. The van der Waals surface area contributed by atoms with E-state index in [-0.39, 0.29) is 5.48 Å². The van der Waals surface area contributed by atoms with E-state index in [0.29, 0.717) is 0 Å². The summed E-state index contributed by atoms with van der Waals surface area (Å²) in [5.41, 5.74) is 0. The van der Waals surface area contributed by atoms with Crippen LogP contribution in [0.4, 0.5) is 0 Å². The Labute approximate surface area is 76.5 Å². The third-order valence-corrected chi connectivity index (χ3v) is 3.94. The average molecular weight is 173 g/mol. The smallest absolute Gasteiger partial charge is 0.0861 e. The Kier molecular flexibility index (Phi) is 4.21. The van der Waals surface area contributed by atoms with Gasteiger partial charge in [-0.15, -0.1) is 0 Å². The van der Waals surface area contributed by atoms with Crippen LogP contribution >= 0.6 is 0 Å². The third-order valence-electron chi connectivity index (χ3n) is 3.94. The van der Waals surface area contributed by atoms with Gasteiger partial charge >= 0.3 is 0 Å². The number of piperidine rings is 1. The SMILES string of the molecule is CC[N+]1(C)C(C)CCCC1C.[OH-]. The predicted molar refractivity (Wildman–Crippen MR) is 51.4 cm³/mol. The number of rotatable bonds is 1. The molecule has 2 nitrogen and oxygen atoms in total. The van der Waals surface area contributed by atoms with Crippen molar-refractivity contribution in [3.05, 3.63) is 0 Å². The van der Waals surface area contributed by atoms with Gasteiger partial charge in [0.05, 0.1) is 25.7 Å². The van der Waals surface area contributed by atoms with Gasteiger partial charge in [-0.25, -0.2) is 0 Å². The van der Waals surface area contributed by atoms with Crippen molar-refractivity contribution < 1.29 is 9.96 Å². The maximum Gasteiger partial charge on any atom is 0.0861 e. The number of nitrogens with zero attached hydrogens (tertiary/aromatic N) is 1. The molecule has 1 saturated heterocycles. The fourth-order valence-corrected chi connectivity index (χ4v) is 2.36. The van der Waals surface area contributed by atoms with E-state index in [1.165, 1.54) is 30.3 Å². The topological polar surface area (TPSA) is 30.0 Å². The molecule has 0 aromatic heterocycles. The van der Waals surface area contributed by atoms with Gasteiger partial charge in [0.15, 0.2) is 0 Å². The van der Waals surface area contributed by atoms with Gasteiger partial charge in [-0.3, -0.25) is 0 Å². The van der Waals surface area contributed by atoms with Crippen LogP contribution in [0.25, 0.3) is 0 Å². The summed E-state index contributed by atoms with van der Waals surface area (Å²) in [5.74, 6) is 0. The van der Waals surface area contributed by atoms with Gasteiger partial charge in [-0.1, -0.05) is 0 Å². The number of likely N-dealkylation sites (tertiary alicyclic amines) is 1. The van der Waals surface area contributed by atoms with E-state index in [1.807, 2.05) is 0 Å². The molecule has 1 aliphatic rings. The van der Waals surface area contributed by atoms with Gasteiger partial charge in [0.25, 0.3) is 0 Å². The Morgan fingerprint density at radius 3 is 1.83 bits per heavy atom. The second-order valence-corrected chi connectivity index (χ2v) is 4.29. The maximum absolute atomic E-state index is 2.41. The minimum atomic E-state index is 0. The highest BCUT2D eigenvalue weighted by molar-refractivity contribution is 4.66. The zero-order chi connectivity index (χ0) is 8.48. The normalized spacial score (nSPS) is 42.0. The molecule has 0 radical (unpaired) electrons. The second-order valence-electron chi connectivity index (χ2n) is 4.29. The lowest BCUT2D eigenvalue weighted by molar-refractivity contribution is -0.956. The predicted octanol–water partition coefficient (Wildman–Crippen LogP) is 2.24.